The summed E-state index contributed by atoms with van der Waals surface area (Å²) >= 11 is 0. The van der Waals surface area contributed by atoms with Crippen molar-refractivity contribution in [2.75, 3.05) is 20.6 Å². The Morgan fingerprint density at radius 2 is 1.77 bits per heavy atom. The molecule has 0 spiro atoms. The van der Waals surface area contributed by atoms with Gasteiger partial charge >= 0.3 is 0 Å². The zero-order chi connectivity index (χ0) is 21.3. The number of nitrogens with one attached hydrogen (secondary N) is 1. The first-order chi connectivity index (χ1) is 14.4. The van der Waals surface area contributed by atoms with E-state index in [1.165, 1.54) is 18.3 Å². The number of fused-ring (bicyclic) bond motifs is 3. The molecule has 0 unspecified atom stereocenters. The maximum absolute atomic E-state index is 13.1. The van der Waals surface area contributed by atoms with Gasteiger partial charge in [-0.25, -0.2) is 8.42 Å². The predicted octanol–water partition coefficient (Wildman–Crippen LogP) is 3.33. The number of amides is 1. The molecule has 1 amide bonds. The lowest BCUT2D eigenvalue weighted by Gasteiger charge is -2.22. The molecule has 4 rings (SSSR count). The van der Waals surface area contributed by atoms with Crippen LogP contribution in [0.2, 0.25) is 0 Å². The van der Waals surface area contributed by atoms with Crippen LogP contribution in [-0.2, 0) is 34.2 Å². The van der Waals surface area contributed by atoms with Crippen molar-refractivity contribution < 1.29 is 13.2 Å². The van der Waals surface area contributed by atoms with Crippen LogP contribution in [0.15, 0.2) is 53.4 Å². The molecule has 1 aliphatic carbocycles. The lowest BCUT2D eigenvalue weighted by Crippen LogP contribution is -2.39. The first-order valence-electron chi connectivity index (χ1n) is 10.2. The van der Waals surface area contributed by atoms with Crippen LogP contribution in [0.3, 0.4) is 0 Å². The number of rotatable bonds is 6. The van der Waals surface area contributed by atoms with Crippen LogP contribution >= 0.6 is 0 Å². The number of aromatic nitrogens is 1. The molecule has 7 heteroatoms. The number of hydrogen-bond acceptors (Lipinski definition) is 3. The van der Waals surface area contributed by atoms with Gasteiger partial charge in [-0.15, -0.1) is 0 Å². The fraction of sp³-hybridized carbons (Fsp3) is 0.348. The predicted molar refractivity (Wildman–Crippen MR) is 118 cm³/mol. The number of aryl methyl sites for hydroxylation is 2. The summed E-state index contributed by atoms with van der Waals surface area (Å²) in [6, 6.07) is 14.8. The van der Waals surface area contributed by atoms with Crippen LogP contribution in [0.25, 0.3) is 10.9 Å². The molecule has 3 aromatic rings. The highest BCUT2D eigenvalue weighted by Crippen LogP contribution is 2.31. The van der Waals surface area contributed by atoms with E-state index in [1.54, 1.807) is 24.1 Å². The normalized spacial score (nSPS) is 14.1. The van der Waals surface area contributed by atoms with Gasteiger partial charge in [-0.3, -0.25) is 4.79 Å². The number of carbonyl (C=O) groups excluding carboxylic acids is 1. The minimum absolute atomic E-state index is 0.199. The molecule has 1 N–H and O–H groups in total. The number of sulfonamides is 1. The van der Waals surface area contributed by atoms with Gasteiger partial charge in [0.2, 0.25) is 15.9 Å². The molecule has 1 aromatic heterocycles. The molecule has 0 saturated heterocycles. The number of aromatic amines is 1. The summed E-state index contributed by atoms with van der Waals surface area (Å²) in [4.78, 5) is 17.8. The van der Waals surface area contributed by atoms with Gasteiger partial charge in [-0.1, -0.05) is 30.3 Å². The summed E-state index contributed by atoms with van der Waals surface area (Å²) < 4.78 is 27.4. The maximum Gasteiger partial charge on any atom is 0.243 e. The molecule has 1 aliphatic rings. The molecule has 0 atom stereocenters. The van der Waals surface area contributed by atoms with Crippen molar-refractivity contribution in [2.45, 2.75) is 37.1 Å². The van der Waals surface area contributed by atoms with Crippen molar-refractivity contribution in [2.24, 2.45) is 0 Å². The van der Waals surface area contributed by atoms with E-state index in [0.717, 1.165) is 46.5 Å². The Balaban J connectivity index is 1.51. The van der Waals surface area contributed by atoms with Crippen LogP contribution in [0.4, 0.5) is 0 Å². The largest absolute Gasteiger partial charge is 0.358 e. The lowest BCUT2D eigenvalue weighted by molar-refractivity contribution is -0.130. The van der Waals surface area contributed by atoms with E-state index in [2.05, 4.69) is 4.98 Å². The average Bonchev–Trinajstić information content (AvgIpc) is 3.12. The average molecular weight is 426 g/mol. The van der Waals surface area contributed by atoms with Gasteiger partial charge in [0, 0.05) is 37.2 Å². The maximum atomic E-state index is 13.1. The highest BCUT2D eigenvalue weighted by molar-refractivity contribution is 7.89. The molecule has 0 bridgehead atoms. The highest BCUT2D eigenvalue weighted by Gasteiger charge is 2.26. The van der Waals surface area contributed by atoms with Gasteiger partial charge in [-0.2, -0.15) is 4.31 Å². The van der Waals surface area contributed by atoms with Gasteiger partial charge in [0.25, 0.3) is 0 Å². The SMILES string of the molecule is CN(Cc1ccccc1)C(=O)CN(C)S(=O)(=O)c1ccc2[nH]c3c(c2c1)CCCC3. The van der Waals surface area contributed by atoms with Crippen molar-refractivity contribution in [1.82, 2.24) is 14.2 Å². The first-order valence-corrected chi connectivity index (χ1v) is 11.7. The fourth-order valence-corrected chi connectivity index (χ4v) is 5.21. The third-order valence-electron chi connectivity index (χ3n) is 5.82. The van der Waals surface area contributed by atoms with E-state index in [0.29, 0.717) is 6.54 Å². The van der Waals surface area contributed by atoms with Gasteiger partial charge in [0.15, 0.2) is 0 Å². The van der Waals surface area contributed by atoms with Crippen molar-refractivity contribution >= 4 is 26.8 Å². The quantitative estimate of drug-likeness (QED) is 0.658. The molecule has 1 heterocycles. The molecule has 6 nitrogen and oxygen atoms in total. The van der Waals surface area contributed by atoms with Crippen molar-refractivity contribution in [1.29, 1.82) is 0 Å². The summed E-state index contributed by atoms with van der Waals surface area (Å²) in [5.74, 6) is -0.245. The number of likely N-dealkylation sites (N-methyl/N-ethyl adjacent to an activating group) is 2. The molecule has 2 aromatic carbocycles. The number of H-pyrrole nitrogens is 1. The van der Waals surface area contributed by atoms with Crippen LogP contribution in [0, 0.1) is 0 Å². The van der Waals surface area contributed by atoms with Crippen LogP contribution in [0.1, 0.15) is 29.7 Å². The second kappa shape index (κ2) is 8.24. The first kappa shape index (κ1) is 20.6. The molecular formula is C23H27N3O3S. The molecular weight excluding hydrogens is 398 g/mol. The molecule has 0 aliphatic heterocycles. The fourth-order valence-electron chi connectivity index (χ4n) is 4.07. The molecule has 0 fully saturated rings. The van der Waals surface area contributed by atoms with E-state index in [9.17, 15) is 13.2 Å². The second-order valence-corrected chi connectivity index (χ2v) is 10.0. The third kappa shape index (κ3) is 4.00. The highest BCUT2D eigenvalue weighted by atomic mass is 32.2. The standard InChI is InChI=1S/C23H27N3O3S/c1-25(15-17-8-4-3-5-9-17)23(27)16-26(2)30(28,29)18-12-13-22-20(14-18)19-10-6-7-11-21(19)24-22/h3-5,8-9,12-14,24H,6-7,10-11,15-16H2,1-2H3. The Morgan fingerprint density at radius 1 is 1.03 bits per heavy atom. The molecule has 0 radical (unpaired) electrons. The van der Waals surface area contributed by atoms with Gasteiger partial charge in [0.05, 0.1) is 11.4 Å². The molecule has 30 heavy (non-hydrogen) atoms. The Labute approximate surface area is 177 Å². The third-order valence-corrected chi connectivity index (χ3v) is 7.62. The topological polar surface area (TPSA) is 73.5 Å². The zero-order valence-electron chi connectivity index (χ0n) is 17.4. The Kier molecular flexibility index (Phi) is 5.66. The van der Waals surface area contributed by atoms with E-state index >= 15 is 0 Å². The minimum atomic E-state index is -3.76. The van der Waals surface area contributed by atoms with E-state index in [-0.39, 0.29) is 17.3 Å². The molecule has 158 valence electrons. The Hall–Kier alpha value is -2.64. The summed E-state index contributed by atoms with van der Waals surface area (Å²) in [5, 5.41) is 0.978. The van der Waals surface area contributed by atoms with Crippen LogP contribution in [0.5, 0.6) is 0 Å². The second-order valence-electron chi connectivity index (χ2n) is 7.99. The summed E-state index contributed by atoms with van der Waals surface area (Å²) in [5.41, 5.74) is 4.43. The smallest absolute Gasteiger partial charge is 0.243 e. The number of carbonyl (C=O) groups is 1. The zero-order valence-corrected chi connectivity index (χ0v) is 18.2. The Bertz CT molecular complexity index is 1170. The monoisotopic (exact) mass is 425 g/mol. The van der Waals surface area contributed by atoms with Crippen LogP contribution < -0.4 is 0 Å². The minimum Gasteiger partial charge on any atom is -0.358 e. The van der Waals surface area contributed by atoms with Crippen molar-refractivity contribution in [3.8, 4) is 0 Å². The summed E-state index contributed by atoms with van der Waals surface area (Å²) in [6.45, 7) is 0.240. The van der Waals surface area contributed by atoms with Crippen molar-refractivity contribution in [3.05, 3.63) is 65.4 Å². The molecule has 0 saturated carbocycles. The van der Waals surface area contributed by atoms with Gasteiger partial charge < -0.3 is 9.88 Å². The van der Waals surface area contributed by atoms with E-state index in [4.69, 9.17) is 0 Å². The Morgan fingerprint density at radius 3 is 2.53 bits per heavy atom. The number of nitrogens with zero attached hydrogens (tertiary/aromatic N) is 2. The number of benzene rings is 2. The van der Waals surface area contributed by atoms with Gasteiger partial charge in [-0.05, 0) is 55.0 Å². The number of hydrogen-bond donors (Lipinski definition) is 1. The lowest BCUT2D eigenvalue weighted by atomic mass is 9.96. The van der Waals surface area contributed by atoms with Gasteiger partial charge in [0.1, 0.15) is 0 Å². The summed E-state index contributed by atoms with van der Waals surface area (Å²) in [7, 11) is -0.617. The van der Waals surface area contributed by atoms with E-state index < -0.39 is 10.0 Å². The summed E-state index contributed by atoms with van der Waals surface area (Å²) in [6.07, 6.45) is 4.26. The van der Waals surface area contributed by atoms with E-state index in [1.807, 2.05) is 36.4 Å². The van der Waals surface area contributed by atoms with Crippen LogP contribution in [-0.4, -0.2) is 49.2 Å². The van der Waals surface area contributed by atoms with Crippen molar-refractivity contribution in [3.63, 3.8) is 0 Å².